The van der Waals surface area contributed by atoms with Crippen LogP contribution in [-0.2, 0) is 14.8 Å². The molecule has 0 bridgehead atoms. The van der Waals surface area contributed by atoms with Crippen molar-refractivity contribution in [3.8, 4) is 5.75 Å². The Labute approximate surface area is 188 Å². The molecule has 2 heterocycles. The summed E-state index contributed by atoms with van der Waals surface area (Å²) in [7, 11) is -2.03. The molecule has 30 heavy (non-hydrogen) atoms. The quantitative estimate of drug-likeness (QED) is 0.576. The van der Waals surface area contributed by atoms with E-state index in [1.54, 1.807) is 34.5 Å². The molecule has 0 atom stereocenters. The number of alkyl halides is 2. The number of methoxy groups -OCH3 is 1. The van der Waals surface area contributed by atoms with Gasteiger partial charge >= 0.3 is 0 Å². The van der Waals surface area contributed by atoms with Crippen molar-refractivity contribution in [3.05, 3.63) is 18.2 Å². The fraction of sp³-hybridized carbons (Fsp3) is 0.632. The van der Waals surface area contributed by atoms with Gasteiger partial charge in [0.15, 0.2) is 4.84 Å². The van der Waals surface area contributed by atoms with Gasteiger partial charge in [0.25, 0.3) is 5.91 Å². The van der Waals surface area contributed by atoms with E-state index in [1.807, 2.05) is 4.90 Å². The summed E-state index contributed by atoms with van der Waals surface area (Å²) in [6.07, 6.45) is 0. The minimum Gasteiger partial charge on any atom is -0.495 e. The first-order valence-electron chi connectivity index (χ1n) is 10.0. The van der Waals surface area contributed by atoms with E-state index in [0.29, 0.717) is 50.7 Å². The summed E-state index contributed by atoms with van der Waals surface area (Å²) >= 11 is 11.4. The normalized spacial score (nSPS) is 19.4. The molecule has 0 N–H and O–H groups in total. The number of hydrogen-bond acceptors (Lipinski definition) is 6. The van der Waals surface area contributed by atoms with Gasteiger partial charge in [-0.3, -0.25) is 4.79 Å². The highest BCUT2D eigenvalue weighted by Gasteiger charge is 2.30. The van der Waals surface area contributed by atoms with Crippen LogP contribution >= 0.6 is 23.2 Å². The predicted molar refractivity (Wildman–Crippen MR) is 118 cm³/mol. The number of amides is 1. The number of hydrogen-bond donors (Lipinski definition) is 0. The van der Waals surface area contributed by atoms with E-state index in [0.717, 1.165) is 19.6 Å². The molecule has 0 spiro atoms. The van der Waals surface area contributed by atoms with Crippen molar-refractivity contribution in [2.75, 3.05) is 70.9 Å². The smallest absolute Gasteiger partial charge is 0.255 e. The van der Waals surface area contributed by atoms with Crippen LogP contribution in [0.2, 0.25) is 0 Å². The molecule has 1 aromatic rings. The van der Waals surface area contributed by atoms with Crippen molar-refractivity contribution in [2.24, 2.45) is 0 Å². The molecular weight excluding hydrogens is 451 g/mol. The summed E-state index contributed by atoms with van der Waals surface area (Å²) < 4.78 is 33.4. The second-order valence-electron chi connectivity index (χ2n) is 7.29. The van der Waals surface area contributed by atoms with E-state index < -0.39 is 14.9 Å². The first-order valence-corrected chi connectivity index (χ1v) is 12.3. The summed E-state index contributed by atoms with van der Waals surface area (Å²) in [5.74, 6) is 0.282. The number of nitrogens with zero attached hydrogens (tertiary/aromatic N) is 4. The molecule has 0 aliphatic carbocycles. The van der Waals surface area contributed by atoms with E-state index >= 15 is 0 Å². The van der Waals surface area contributed by atoms with Crippen molar-refractivity contribution in [1.82, 2.24) is 14.1 Å². The van der Waals surface area contributed by atoms with Crippen molar-refractivity contribution in [1.29, 1.82) is 0 Å². The van der Waals surface area contributed by atoms with Gasteiger partial charge in [0.2, 0.25) is 10.0 Å². The molecule has 0 aromatic heterocycles. The predicted octanol–water partition coefficient (Wildman–Crippen LogP) is 1.47. The lowest BCUT2D eigenvalue weighted by Gasteiger charge is -2.37. The minimum absolute atomic E-state index is 0.253. The highest BCUT2D eigenvalue weighted by Crippen LogP contribution is 2.33. The fourth-order valence-electron chi connectivity index (χ4n) is 3.82. The van der Waals surface area contributed by atoms with Crippen LogP contribution in [-0.4, -0.2) is 99.3 Å². The highest BCUT2D eigenvalue weighted by atomic mass is 35.5. The van der Waals surface area contributed by atoms with Gasteiger partial charge in [-0.05, 0) is 24.7 Å². The second-order valence-corrected chi connectivity index (χ2v) is 10.3. The maximum atomic E-state index is 13.2. The first kappa shape index (κ1) is 23.4. The largest absolute Gasteiger partial charge is 0.495 e. The zero-order chi connectivity index (χ0) is 21.9. The molecule has 1 aromatic carbocycles. The second kappa shape index (κ2) is 9.91. The van der Waals surface area contributed by atoms with Crippen molar-refractivity contribution in [3.63, 3.8) is 0 Å². The van der Waals surface area contributed by atoms with Crippen LogP contribution in [0.5, 0.6) is 5.75 Å². The number of piperazine rings is 2. The van der Waals surface area contributed by atoms with E-state index in [9.17, 15) is 13.2 Å². The van der Waals surface area contributed by atoms with Crippen LogP contribution < -0.4 is 9.64 Å². The number of likely N-dealkylation sites (N-methyl/N-ethyl adjacent to an activating group) is 1. The Balaban J connectivity index is 1.78. The standard InChI is InChI=1S/C19H28Cl2N4O4S/c1-3-22-6-12-25(13-7-22)30(27,28)15-4-5-17(29-2)16(14-15)23-8-10-24(11-9-23)19(26)18(20)21/h4-5,14,18H,3,6-13H2,1-2H3. The maximum absolute atomic E-state index is 13.2. The molecule has 2 aliphatic rings. The molecule has 1 amide bonds. The SMILES string of the molecule is CCN1CCN(S(=O)(=O)c2ccc(OC)c(N3CCN(C(=O)C(Cl)Cl)CC3)c2)CC1. The number of carbonyl (C=O) groups excluding carboxylic acids is 1. The third-order valence-corrected chi connectivity index (χ3v) is 7.95. The highest BCUT2D eigenvalue weighted by molar-refractivity contribution is 7.89. The zero-order valence-electron chi connectivity index (χ0n) is 17.3. The summed E-state index contributed by atoms with van der Waals surface area (Å²) in [5.41, 5.74) is 0.700. The van der Waals surface area contributed by atoms with Gasteiger partial charge in [-0.25, -0.2) is 8.42 Å². The lowest BCUT2D eigenvalue weighted by Crippen LogP contribution is -2.50. The number of ether oxygens (including phenoxy) is 1. The van der Waals surface area contributed by atoms with Crippen LogP contribution in [0.3, 0.4) is 0 Å². The van der Waals surface area contributed by atoms with Gasteiger partial charge in [0, 0.05) is 52.4 Å². The van der Waals surface area contributed by atoms with Crippen LogP contribution in [0.15, 0.2) is 23.1 Å². The van der Waals surface area contributed by atoms with Gasteiger partial charge in [-0.2, -0.15) is 4.31 Å². The van der Waals surface area contributed by atoms with E-state index in [-0.39, 0.29) is 10.8 Å². The third kappa shape index (κ3) is 4.96. The van der Waals surface area contributed by atoms with Gasteiger partial charge in [-0.15, -0.1) is 0 Å². The Bertz CT molecular complexity index is 852. The number of halogens is 2. The number of benzene rings is 1. The molecule has 8 nitrogen and oxygen atoms in total. The van der Waals surface area contributed by atoms with Crippen LogP contribution in [0.4, 0.5) is 5.69 Å². The Hall–Kier alpha value is -1.26. The lowest BCUT2D eigenvalue weighted by atomic mass is 10.2. The van der Waals surface area contributed by atoms with E-state index in [2.05, 4.69) is 11.8 Å². The van der Waals surface area contributed by atoms with Gasteiger partial charge < -0.3 is 19.4 Å². The molecule has 2 saturated heterocycles. The lowest BCUT2D eigenvalue weighted by molar-refractivity contribution is -0.129. The summed E-state index contributed by atoms with van der Waals surface area (Å²) in [6, 6.07) is 4.95. The van der Waals surface area contributed by atoms with Gasteiger partial charge in [-0.1, -0.05) is 30.1 Å². The molecule has 0 radical (unpaired) electrons. The Morgan fingerprint density at radius 3 is 2.23 bits per heavy atom. The topological polar surface area (TPSA) is 73.4 Å². The number of sulfonamides is 1. The minimum atomic E-state index is -3.59. The molecule has 2 fully saturated rings. The summed E-state index contributed by atoms with van der Waals surface area (Å²) in [6.45, 7) is 7.39. The average molecular weight is 479 g/mol. The Kier molecular flexibility index (Phi) is 7.73. The number of carbonyl (C=O) groups is 1. The zero-order valence-corrected chi connectivity index (χ0v) is 19.6. The average Bonchev–Trinajstić information content (AvgIpc) is 2.78. The van der Waals surface area contributed by atoms with Crippen LogP contribution in [0, 0.1) is 0 Å². The monoisotopic (exact) mass is 478 g/mol. The van der Waals surface area contributed by atoms with Crippen molar-refractivity contribution in [2.45, 2.75) is 16.7 Å². The summed E-state index contributed by atoms with van der Waals surface area (Å²) in [5, 5.41) is 0. The number of anilines is 1. The van der Waals surface area contributed by atoms with Crippen LogP contribution in [0.1, 0.15) is 6.92 Å². The molecule has 168 valence electrons. The van der Waals surface area contributed by atoms with E-state index in [1.165, 1.54) is 0 Å². The van der Waals surface area contributed by atoms with Crippen LogP contribution in [0.25, 0.3) is 0 Å². The van der Waals surface area contributed by atoms with Gasteiger partial charge in [0.05, 0.1) is 17.7 Å². The molecular formula is C19H28Cl2N4O4S. The molecule has 3 rings (SSSR count). The maximum Gasteiger partial charge on any atom is 0.255 e. The summed E-state index contributed by atoms with van der Waals surface area (Å²) in [4.78, 5) is 17.0. The fourth-order valence-corrected chi connectivity index (χ4v) is 5.54. The molecule has 11 heteroatoms. The Morgan fingerprint density at radius 2 is 1.70 bits per heavy atom. The van der Waals surface area contributed by atoms with Gasteiger partial charge in [0.1, 0.15) is 5.75 Å². The van der Waals surface area contributed by atoms with Crippen molar-refractivity contribution >= 4 is 44.8 Å². The first-order chi connectivity index (χ1) is 14.3. The van der Waals surface area contributed by atoms with E-state index in [4.69, 9.17) is 27.9 Å². The van der Waals surface area contributed by atoms with Crippen molar-refractivity contribution < 1.29 is 17.9 Å². The molecule has 0 saturated carbocycles. The Morgan fingerprint density at radius 1 is 1.07 bits per heavy atom. The molecule has 0 unspecified atom stereocenters. The molecule has 2 aliphatic heterocycles. The number of rotatable bonds is 6. The third-order valence-electron chi connectivity index (χ3n) is 5.69.